The minimum Gasteiger partial charge on any atom is -0.321 e. The number of anilines is 1. The first-order valence-corrected chi connectivity index (χ1v) is 9.38. The Labute approximate surface area is 179 Å². The summed E-state index contributed by atoms with van der Waals surface area (Å²) in [7, 11) is 1.54. The zero-order valence-electron chi connectivity index (χ0n) is 17.2. The number of carbonyl (C=O) groups is 4. The molecule has 3 aromatic rings. The maximum absolute atomic E-state index is 12.8. The van der Waals surface area contributed by atoms with Crippen molar-refractivity contribution in [3.05, 3.63) is 82.7 Å². The lowest BCUT2D eigenvalue weighted by Gasteiger charge is -2.07. The molecule has 0 radical (unpaired) electrons. The van der Waals surface area contributed by atoms with E-state index in [0.29, 0.717) is 22.4 Å². The highest BCUT2D eigenvalue weighted by Crippen LogP contribution is 2.15. The number of rotatable bonds is 5. The van der Waals surface area contributed by atoms with Crippen molar-refractivity contribution in [2.24, 2.45) is 7.05 Å². The molecular weight excluding hydrogens is 394 g/mol. The van der Waals surface area contributed by atoms with E-state index in [0.717, 1.165) is 0 Å². The van der Waals surface area contributed by atoms with Gasteiger partial charge in [0, 0.05) is 29.4 Å². The SMILES string of the molecule is CC(=O)c1cccc(C#CC(=O)c2cnn(C)c2C(=O)Nc2cccc(C(C)=O)c2)c1. The van der Waals surface area contributed by atoms with Gasteiger partial charge in [-0.25, -0.2) is 0 Å². The van der Waals surface area contributed by atoms with E-state index in [1.54, 1.807) is 55.6 Å². The molecule has 154 valence electrons. The van der Waals surface area contributed by atoms with Gasteiger partial charge in [-0.1, -0.05) is 30.2 Å². The molecule has 0 atom stereocenters. The minimum absolute atomic E-state index is 0.0463. The lowest BCUT2D eigenvalue weighted by Crippen LogP contribution is -2.19. The number of amides is 1. The van der Waals surface area contributed by atoms with Gasteiger partial charge in [0.15, 0.2) is 11.6 Å². The second-order valence-electron chi connectivity index (χ2n) is 6.84. The van der Waals surface area contributed by atoms with Crippen LogP contribution in [0.2, 0.25) is 0 Å². The lowest BCUT2D eigenvalue weighted by molar-refractivity contribution is 0.0994. The third-order valence-corrected chi connectivity index (χ3v) is 4.51. The number of nitrogens with zero attached hydrogens (tertiary/aromatic N) is 2. The standard InChI is InChI=1S/C24H19N3O4/c1-15(28)18-7-4-6-17(12-18)10-11-22(30)21-14-25-27(3)23(21)24(31)26-20-9-5-8-19(13-20)16(2)29/h4-9,12-14H,1-3H3,(H,26,31). The van der Waals surface area contributed by atoms with Gasteiger partial charge in [-0.05, 0) is 44.0 Å². The van der Waals surface area contributed by atoms with Crippen molar-refractivity contribution in [2.75, 3.05) is 5.32 Å². The Hall–Kier alpha value is -4.31. The van der Waals surface area contributed by atoms with Crippen LogP contribution in [-0.4, -0.2) is 33.0 Å². The predicted molar refractivity (Wildman–Crippen MR) is 115 cm³/mol. The van der Waals surface area contributed by atoms with Crippen LogP contribution in [0.1, 0.15) is 61.0 Å². The van der Waals surface area contributed by atoms with E-state index in [1.807, 2.05) is 0 Å². The summed E-state index contributed by atoms with van der Waals surface area (Å²) < 4.78 is 1.29. The van der Waals surface area contributed by atoms with Gasteiger partial charge in [-0.15, -0.1) is 0 Å². The summed E-state index contributed by atoms with van der Waals surface area (Å²) in [6.45, 7) is 2.88. The Balaban J connectivity index is 1.86. The van der Waals surface area contributed by atoms with Crippen LogP contribution in [0.4, 0.5) is 5.69 Å². The van der Waals surface area contributed by atoms with E-state index >= 15 is 0 Å². The van der Waals surface area contributed by atoms with Gasteiger partial charge in [-0.2, -0.15) is 5.10 Å². The van der Waals surface area contributed by atoms with Crippen molar-refractivity contribution in [2.45, 2.75) is 13.8 Å². The molecule has 0 spiro atoms. The molecule has 3 rings (SSSR count). The molecule has 0 fully saturated rings. The van der Waals surface area contributed by atoms with Crippen molar-refractivity contribution in [3.8, 4) is 11.8 Å². The molecule has 1 N–H and O–H groups in total. The number of hydrogen-bond acceptors (Lipinski definition) is 5. The van der Waals surface area contributed by atoms with Crippen molar-refractivity contribution in [3.63, 3.8) is 0 Å². The topological polar surface area (TPSA) is 98.1 Å². The first-order valence-electron chi connectivity index (χ1n) is 9.38. The predicted octanol–water partition coefficient (Wildman–Crippen LogP) is 3.31. The normalized spacial score (nSPS) is 10.0. The lowest BCUT2D eigenvalue weighted by atomic mass is 10.1. The van der Waals surface area contributed by atoms with Crippen molar-refractivity contribution >= 4 is 28.9 Å². The second-order valence-corrected chi connectivity index (χ2v) is 6.84. The summed E-state index contributed by atoms with van der Waals surface area (Å²) in [5.74, 6) is 3.86. The number of carbonyl (C=O) groups excluding carboxylic acids is 4. The van der Waals surface area contributed by atoms with Gasteiger partial charge in [0.05, 0.1) is 11.8 Å². The zero-order valence-corrected chi connectivity index (χ0v) is 17.2. The summed E-state index contributed by atoms with van der Waals surface area (Å²) in [5.41, 5.74) is 1.98. The Morgan fingerprint density at radius 2 is 1.58 bits per heavy atom. The number of aromatic nitrogens is 2. The largest absolute Gasteiger partial charge is 0.321 e. The summed E-state index contributed by atoms with van der Waals surface area (Å²) in [4.78, 5) is 48.5. The van der Waals surface area contributed by atoms with E-state index in [2.05, 4.69) is 22.3 Å². The van der Waals surface area contributed by atoms with Crippen LogP contribution >= 0.6 is 0 Å². The van der Waals surface area contributed by atoms with Crippen LogP contribution < -0.4 is 5.32 Å². The maximum Gasteiger partial charge on any atom is 0.274 e. The Morgan fingerprint density at radius 3 is 2.26 bits per heavy atom. The van der Waals surface area contributed by atoms with Crippen molar-refractivity contribution in [1.29, 1.82) is 0 Å². The molecule has 1 heterocycles. The van der Waals surface area contributed by atoms with Gasteiger partial charge in [-0.3, -0.25) is 23.9 Å². The van der Waals surface area contributed by atoms with Gasteiger partial charge in [0.25, 0.3) is 5.91 Å². The molecule has 0 bridgehead atoms. The number of ketones is 3. The molecule has 0 saturated heterocycles. The third-order valence-electron chi connectivity index (χ3n) is 4.51. The summed E-state index contributed by atoms with van der Waals surface area (Å²) in [5, 5.41) is 6.69. The summed E-state index contributed by atoms with van der Waals surface area (Å²) >= 11 is 0. The molecule has 7 nitrogen and oxygen atoms in total. The van der Waals surface area contributed by atoms with Crippen LogP contribution in [0.25, 0.3) is 0 Å². The zero-order chi connectivity index (χ0) is 22.5. The van der Waals surface area contributed by atoms with Crippen molar-refractivity contribution < 1.29 is 19.2 Å². The number of nitrogens with one attached hydrogen (secondary N) is 1. The highest BCUT2D eigenvalue weighted by molar-refractivity contribution is 6.17. The van der Waals surface area contributed by atoms with Crippen LogP contribution in [0.5, 0.6) is 0 Å². The molecule has 31 heavy (non-hydrogen) atoms. The Morgan fingerprint density at radius 1 is 0.935 bits per heavy atom. The minimum atomic E-state index is -0.580. The van der Waals surface area contributed by atoms with E-state index in [1.165, 1.54) is 24.7 Å². The van der Waals surface area contributed by atoms with E-state index in [9.17, 15) is 19.2 Å². The molecule has 0 aliphatic carbocycles. The van der Waals surface area contributed by atoms with Crippen LogP contribution in [0.15, 0.2) is 54.7 Å². The number of Topliss-reactive ketones (excluding diaryl/α,β-unsaturated/α-hetero) is 3. The molecule has 0 saturated carbocycles. The molecule has 0 unspecified atom stereocenters. The van der Waals surface area contributed by atoms with E-state index in [-0.39, 0.29) is 22.8 Å². The summed E-state index contributed by atoms with van der Waals surface area (Å²) in [6.07, 6.45) is 1.28. The molecule has 1 amide bonds. The molecule has 7 heteroatoms. The fourth-order valence-corrected chi connectivity index (χ4v) is 2.89. The van der Waals surface area contributed by atoms with Crippen molar-refractivity contribution in [1.82, 2.24) is 9.78 Å². The molecular formula is C24H19N3O4. The van der Waals surface area contributed by atoms with Gasteiger partial charge >= 0.3 is 0 Å². The van der Waals surface area contributed by atoms with Gasteiger partial charge in [0.2, 0.25) is 5.78 Å². The quantitative estimate of drug-likeness (QED) is 0.511. The number of hydrogen-bond donors (Lipinski definition) is 1. The fourth-order valence-electron chi connectivity index (χ4n) is 2.89. The third kappa shape index (κ3) is 5.00. The Kier molecular flexibility index (Phi) is 6.22. The Bertz CT molecular complexity index is 1280. The van der Waals surface area contributed by atoms with Crippen LogP contribution in [0, 0.1) is 11.8 Å². The first kappa shape index (κ1) is 21.4. The molecule has 1 aromatic heterocycles. The number of benzene rings is 2. The van der Waals surface area contributed by atoms with Crippen LogP contribution in [-0.2, 0) is 7.05 Å². The highest BCUT2D eigenvalue weighted by atomic mass is 16.2. The molecule has 0 aliphatic rings. The smallest absolute Gasteiger partial charge is 0.274 e. The van der Waals surface area contributed by atoms with Gasteiger partial charge in [0.1, 0.15) is 5.69 Å². The van der Waals surface area contributed by atoms with E-state index in [4.69, 9.17) is 0 Å². The second kappa shape index (κ2) is 9.01. The average Bonchev–Trinajstić information content (AvgIpc) is 3.14. The average molecular weight is 413 g/mol. The number of aryl methyl sites for hydroxylation is 1. The first-order chi connectivity index (χ1) is 14.8. The molecule has 2 aromatic carbocycles. The maximum atomic E-state index is 12.8. The van der Waals surface area contributed by atoms with Gasteiger partial charge < -0.3 is 5.32 Å². The fraction of sp³-hybridized carbons (Fsp3) is 0.125. The monoisotopic (exact) mass is 413 g/mol. The molecule has 0 aliphatic heterocycles. The van der Waals surface area contributed by atoms with E-state index < -0.39 is 11.7 Å². The highest BCUT2D eigenvalue weighted by Gasteiger charge is 2.21. The van der Waals surface area contributed by atoms with Crippen LogP contribution in [0.3, 0.4) is 0 Å². The summed E-state index contributed by atoms with van der Waals surface area (Å²) in [6, 6.07) is 13.1.